The number of fused-ring (bicyclic) bond motifs is 1. The van der Waals surface area contributed by atoms with Gasteiger partial charge in [0.2, 0.25) is 0 Å². The number of methoxy groups -OCH3 is 2. The van der Waals surface area contributed by atoms with Crippen LogP contribution in [0.15, 0.2) is 18.2 Å². The molecule has 1 aromatic rings. The molecular formula is C16H22O3. The first-order valence-electron chi connectivity index (χ1n) is 6.89. The molecule has 0 heterocycles. The SMILES string of the molecule is COC(=O)C(C)C1CCCc2cc(OC)ccc2C1. The molecule has 3 nitrogen and oxygen atoms in total. The van der Waals surface area contributed by atoms with E-state index in [2.05, 4.69) is 12.1 Å². The molecule has 0 saturated carbocycles. The van der Waals surface area contributed by atoms with Crippen molar-refractivity contribution in [2.45, 2.75) is 32.6 Å². The normalized spacial score (nSPS) is 20.1. The highest BCUT2D eigenvalue weighted by Crippen LogP contribution is 2.31. The summed E-state index contributed by atoms with van der Waals surface area (Å²) in [4.78, 5) is 11.7. The van der Waals surface area contributed by atoms with Crippen LogP contribution in [0.1, 0.15) is 30.9 Å². The smallest absolute Gasteiger partial charge is 0.308 e. The van der Waals surface area contributed by atoms with Crippen molar-refractivity contribution in [1.29, 1.82) is 0 Å². The predicted molar refractivity (Wildman–Crippen MR) is 74.3 cm³/mol. The van der Waals surface area contributed by atoms with E-state index in [4.69, 9.17) is 9.47 Å². The van der Waals surface area contributed by atoms with E-state index in [9.17, 15) is 4.79 Å². The van der Waals surface area contributed by atoms with Gasteiger partial charge in [0, 0.05) is 0 Å². The van der Waals surface area contributed by atoms with Gasteiger partial charge in [-0.2, -0.15) is 0 Å². The standard InChI is InChI=1S/C16H22O3/c1-11(16(17)19-3)12-5-4-6-13-10-15(18-2)8-7-14(13)9-12/h7-8,10-12H,4-6,9H2,1-3H3. The summed E-state index contributed by atoms with van der Waals surface area (Å²) >= 11 is 0. The average molecular weight is 262 g/mol. The topological polar surface area (TPSA) is 35.5 Å². The van der Waals surface area contributed by atoms with Crippen molar-refractivity contribution in [3.05, 3.63) is 29.3 Å². The molecule has 1 aromatic carbocycles. The Kier molecular flexibility index (Phi) is 4.46. The van der Waals surface area contributed by atoms with Crippen molar-refractivity contribution in [1.82, 2.24) is 0 Å². The van der Waals surface area contributed by atoms with Crippen LogP contribution in [0.25, 0.3) is 0 Å². The lowest BCUT2D eigenvalue weighted by Crippen LogP contribution is -2.23. The Morgan fingerprint density at radius 3 is 2.79 bits per heavy atom. The summed E-state index contributed by atoms with van der Waals surface area (Å²) in [6.07, 6.45) is 4.21. The van der Waals surface area contributed by atoms with Gasteiger partial charge in [0.05, 0.1) is 20.1 Å². The second kappa shape index (κ2) is 6.09. The fourth-order valence-corrected chi connectivity index (χ4v) is 2.91. The van der Waals surface area contributed by atoms with Gasteiger partial charge in [-0.15, -0.1) is 0 Å². The Bertz CT molecular complexity index is 453. The summed E-state index contributed by atoms with van der Waals surface area (Å²) in [6.45, 7) is 1.98. The predicted octanol–water partition coefficient (Wildman–Crippen LogP) is 3.00. The maximum absolute atomic E-state index is 11.7. The van der Waals surface area contributed by atoms with Gasteiger partial charge in [-0.1, -0.05) is 13.0 Å². The molecule has 0 spiro atoms. The number of carbonyl (C=O) groups is 1. The maximum Gasteiger partial charge on any atom is 0.308 e. The van der Waals surface area contributed by atoms with Gasteiger partial charge in [0.15, 0.2) is 0 Å². The zero-order chi connectivity index (χ0) is 13.8. The van der Waals surface area contributed by atoms with Crippen molar-refractivity contribution in [2.75, 3.05) is 14.2 Å². The van der Waals surface area contributed by atoms with Crippen molar-refractivity contribution in [2.24, 2.45) is 11.8 Å². The molecule has 0 amide bonds. The third kappa shape index (κ3) is 3.09. The van der Waals surface area contributed by atoms with Gasteiger partial charge in [-0.3, -0.25) is 4.79 Å². The van der Waals surface area contributed by atoms with E-state index in [1.54, 1.807) is 7.11 Å². The second-order valence-corrected chi connectivity index (χ2v) is 5.30. The third-order valence-electron chi connectivity index (χ3n) is 4.20. The Balaban J connectivity index is 2.18. The molecule has 0 saturated heterocycles. The average Bonchev–Trinajstić information content (AvgIpc) is 2.66. The van der Waals surface area contributed by atoms with Crippen molar-refractivity contribution >= 4 is 5.97 Å². The number of hydrogen-bond acceptors (Lipinski definition) is 3. The van der Waals surface area contributed by atoms with Crippen LogP contribution >= 0.6 is 0 Å². The first-order valence-corrected chi connectivity index (χ1v) is 6.89. The Morgan fingerprint density at radius 1 is 1.32 bits per heavy atom. The molecule has 0 aliphatic heterocycles. The maximum atomic E-state index is 11.7. The van der Waals surface area contributed by atoms with Crippen LogP contribution in [0.2, 0.25) is 0 Å². The molecule has 0 N–H and O–H groups in total. The molecule has 19 heavy (non-hydrogen) atoms. The van der Waals surface area contributed by atoms with Gasteiger partial charge < -0.3 is 9.47 Å². The molecule has 2 rings (SSSR count). The zero-order valence-electron chi connectivity index (χ0n) is 11.9. The summed E-state index contributed by atoms with van der Waals surface area (Å²) in [5.41, 5.74) is 2.71. The van der Waals surface area contributed by atoms with Crippen LogP contribution in [-0.2, 0) is 22.4 Å². The highest BCUT2D eigenvalue weighted by Gasteiger charge is 2.27. The summed E-state index contributed by atoms with van der Waals surface area (Å²) < 4.78 is 10.1. The van der Waals surface area contributed by atoms with Crippen LogP contribution in [0.3, 0.4) is 0 Å². The molecule has 0 fully saturated rings. The van der Waals surface area contributed by atoms with Crippen LogP contribution in [0, 0.1) is 11.8 Å². The molecule has 0 aromatic heterocycles. The molecular weight excluding hydrogens is 240 g/mol. The number of carbonyl (C=O) groups excluding carboxylic acids is 1. The minimum Gasteiger partial charge on any atom is -0.497 e. The number of ether oxygens (including phenoxy) is 2. The van der Waals surface area contributed by atoms with Crippen molar-refractivity contribution in [3.8, 4) is 5.75 Å². The summed E-state index contributed by atoms with van der Waals surface area (Å²) in [7, 11) is 3.16. The van der Waals surface area contributed by atoms with Gasteiger partial charge in [0.1, 0.15) is 5.75 Å². The number of esters is 1. The monoisotopic (exact) mass is 262 g/mol. The van der Waals surface area contributed by atoms with E-state index in [1.807, 2.05) is 13.0 Å². The number of rotatable bonds is 3. The van der Waals surface area contributed by atoms with Gasteiger partial charge >= 0.3 is 5.97 Å². The van der Waals surface area contributed by atoms with E-state index in [-0.39, 0.29) is 11.9 Å². The fourth-order valence-electron chi connectivity index (χ4n) is 2.91. The molecule has 3 heteroatoms. The first-order chi connectivity index (χ1) is 9.15. The van der Waals surface area contributed by atoms with Crippen LogP contribution in [0.5, 0.6) is 5.75 Å². The molecule has 2 atom stereocenters. The van der Waals surface area contributed by atoms with Gasteiger partial charge in [-0.25, -0.2) is 0 Å². The molecule has 1 aliphatic rings. The van der Waals surface area contributed by atoms with Crippen LogP contribution in [-0.4, -0.2) is 20.2 Å². The minimum absolute atomic E-state index is 0.0296. The number of aryl methyl sites for hydroxylation is 1. The molecule has 2 unspecified atom stereocenters. The van der Waals surface area contributed by atoms with E-state index < -0.39 is 0 Å². The van der Waals surface area contributed by atoms with Gasteiger partial charge in [-0.05, 0) is 54.9 Å². The van der Waals surface area contributed by atoms with Gasteiger partial charge in [0.25, 0.3) is 0 Å². The van der Waals surface area contributed by atoms with E-state index in [1.165, 1.54) is 18.2 Å². The second-order valence-electron chi connectivity index (χ2n) is 5.30. The summed E-state index contributed by atoms with van der Waals surface area (Å²) in [6, 6.07) is 6.26. The van der Waals surface area contributed by atoms with Crippen molar-refractivity contribution < 1.29 is 14.3 Å². The van der Waals surface area contributed by atoms with Crippen LogP contribution < -0.4 is 4.74 Å². The fraction of sp³-hybridized carbons (Fsp3) is 0.562. The van der Waals surface area contributed by atoms with E-state index in [0.717, 1.165) is 31.4 Å². The lowest BCUT2D eigenvalue weighted by atomic mass is 9.86. The molecule has 0 bridgehead atoms. The minimum atomic E-state index is -0.0954. The molecule has 0 radical (unpaired) electrons. The van der Waals surface area contributed by atoms with E-state index in [0.29, 0.717) is 5.92 Å². The lowest BCUT2D eigenvalue weighted by molar-refractivity contribution is -0.146. The van der Waals surface area contributed by atoms with Crippen LogP contribution in [0.4, 0.5) is 0 Å². The Labute approximate surface area is 114 Å². The largest absolute Gasteiger partial charge is 0.497 e. The lowest BCUT2D eigenvalue weighted by Gasteiger charge is -2.20. The first kappa shape index (κ1) is 13.9. The quantitative estimate of drug-likeness (QED) is 0.620. The summed E-state index contributed by atoms with van der Waals surface area (Å²) in [5, 5.41) is 0. The Hall–Kier alpha value is -1.51. The Morgan fingerprint density at radius 2 is 2.11 bits per heavy atom. The summed E-state index contributed by atoms with van der Waals surface area (Å²) in [5.74, 6) is 1.17. The molecule has 104 valence electrons. The molecule has 1 aliphatic carbocycles. The highest BCUT2D eigenvalue weighted by atomic mass is 16.5. The number of hydrogen-bond donors (Lipinski definition) is 0. The highest BCUT2D eigenvalue weighted by molar-refractivity contribution is 5.72. The van der Waals surface area contributed by atoms with Crippen molar-refractivity contribution in [3.63, 3.8) is 0 Å². The van der Waals surface area contributed by atoms with E-state index >= 15 is 0 Å². The zero-order valence-corrected chi connectivity index (χ0v) is 11.9. The number of benzene rings is 1. The third-order valence-corrected chi connectivity index (χ3v) is 4.20.